The van der Waals surface area contributed by atoms with E-state index < -0.39 is 0 Å². The molecule has 0 saturated heterocycles. The Hall–Kier alpha value is -1.58. The van der Waals surface area contributed by atoms with E-state index in [-0.39, 0.29) is 5.38 Å². The minimum absolute atomic E-state index is 0.177. The fourth-order valence-electron chi connectivity index (χ4n) is 2.13. The van der Waals surface area contributed by atoms with Crippen molar-refractivity contribution in [2.24, 2.45) is 0 Å². The van der Waals surface area contributed by atoms with Gasteiger partial charge in [-0.1, -0.05) is 11.6 Å². The molecule has 1 unspecified atom stereocenters. The van der Waals surface area contributed by atoms with Crippen molar-refractivity contribution >= 4 is 28.8 Å². The zero-order chi connectivity index (χ0) is 13.4. The van der Waals surface area contributed by atoms with Crippen LogP contribution in [0, 0.1) is 0 Å². The highest BCUT2D eigenvalue weighted by molar-refractivity contribution is 6.30. The SMILES string of the molecule is CC(Cl)c1c(-c2cccnc2)nc2ccc(Cl)cn12. The molecule has 1 atom stereocenters. The number of rotatable bonds is 2. The molecule has 0 aliphatic heterocycles. The summed E-state index contributed by atoms with van der Waals surface area (Å²) in [5, 5.41) is 0.477. The maximum atomic E-state index is 6.31. The third-order valence-electron chi connectivity index (χ3n) is 2.93. The molecule has 0 fully saturated rings. The predicted octanol–water partition coefficient (Wildman–Crippen LogP) is 4.35. The van der Waals surface area contributed by atoms with Crippen molar-refractivity contribution in [3.8, 4) is 11.3 Å². The van der Waals surface area contributed by atoms with Gasteiger partial charge >= 0.3 is 0 Å². The van der Waals surface area contributed by atoms with Crippen LogP contribution in [0.3, 0.4) is 0 Å². The highest BCUT2D eigenvalue weighted by Gasteiger charge is 2.18. The first-order valence-electron chi connectivity index (χ1n) is 5.89. The van der Waals surface area contributed by atoms with E-state index in [9.17, 15) is 0 Å². The molecule has 0 N–H and O–H groups in total. The van der Waals surface area contributed by atoms with Gasteiger partial charge in [-0.05, 0) is 31.2 Å². The summed E-state index contributed by atoms with van der Waals surface area (Å²) < 4.78 is 1.93. The molecule has 5 heteroatoms. The third kappa shape index (κ3) is 2.20. The maximum absolute atomic E-state index is 6.31. The Morgan fingerprint density at radius 1 is 1.26 bits per heavy atom. The summed E-state index contributed by atoms with van der Waals surface area (Å²) in [5.74, 6) is 0. The first-order valence-corrected chi connectivity index (χ1v) is 6.70. The van der Waals surface area contributed by atoms with Gasteiger partial charge in [0.1, 0.15) is 5.65 Å². The van der Waals surface area contributed by atoms with Crippen LogP contribution in [-0.2, 0) is 0 Å². The Morgan fingerprint density at radius 3 is 2.79 bits per heavy atom. The summed E-state index contributed by atoms with van der Waals surface area (Å²) in [6, 6.07) is 7.55. The molecule has 0 aliphatic rings. The molecule has 3 heterocycles. The van der Waals surface area contributed by atoms with E-state index in [0.717, 1.165) is 22.6 Å². The molecule has 0 spiro atoms. The van der Waals surface area contributed by atoms with E-state index in [1.807, 2.05) is 41.8 Å². The van der Waals surface area contributed by atoms with Gasteiger partial charge < -0.3 is 4.40 Å². The Bertz CT molecular complexity index is 720. The van der Waals surface area contributed by atoms with E-state index in [0.29, 0.717) is 5.02 Å². The molecule has 19 heavy (non-hydrogen) atoms. The van der Waals surface area contributed by atoms with Crippen LogP contribution in [0.4, 0.5) is 0 Å². The van der Waals surface area contributed by atoms with E-state index >= 15 is 0 Å². The number of fused-ring (bicyclic) bond motifs is 1. The second kappa shape index (κ2) is 4.83. The lowest BCUT2D eigenvalue weighted by molar-refractivity contribution is 0.965. The molecule has 3 rings (SSSR count). The standard InChI is InChI=1S/C14H11Cl2N3/c1-9(15)14-13(10-3-2-6-17-7-10)18-12-5-4-11(16)8-19(12)14/h2-9H,1H3. The summed E-state index contributed by atoms with van der Waals surface area (Å²) in [5.41, 5.74) is 3.54. The van der Waals surface area contributed by atoms with Gasteiger partial charge in [-0.25, -0.2) is 4.98 Å². The Labute approximate surface area is 120 Å². The van der Waals surface area contributed by atoms with Crippen molar-refractivity contribution in [2.45, 2.75) is 12.3 Å². The van der Waals surface area contributed by atoms with Gasteiger partial charge in [0.25, 0.3) is 0 Å². The Morgan fingerprint density at radius 2 is 2.11 bits per heavy atom. The second-order valence-corrected chi connectivity index (χ2v) is 5.37. The molecule has 3 nitrogen and oxygen atoms in total. The van der Waals surface area contributed by atoms with Crippen molar-refractivity contribution in [1.29, 1.82) is 0 Å². The molecule has 3 aromatic rings. The summed E-state index contributed by atoms with van der Waals surface area (Å²) in [6.45, 7) is 1.92. The van der Waals surface area contributed by atoms with Gasteiger partial charge in [0.05, 0.1) is 21.8 Å². The van der Waals surface area contributed by atoms with E-state index in [1.165, 1.54) is 0 Å². The van der Waals surface area contributed by atoms with Crippen LogP contribution in [0.25, 0.3) is 16.9 Å². The van der Waals surface area contributed by atoms with Gasteiger partial charge in [0, 0.05) is 24.2 Å². The average molecular weight is 292 g/mol. The molecule has 0 radical (unpaired) electrons. The largest absolute Gasteiger partial charge is 0.300 e. The first kappa shape index (κ1) is 12.5. The Kier molecular flexibility index (Phi) is 3.17. The van der Waals surface area contributed by atoms with E-state index in [2.05, 4.69) is 9.97 Å². The molecule has 96 valence electrons. The first-order chi connectivity index (χ1) is 9.16. The van der Waals surface area contributed by atoms with E-state index in [1.54, 1.807) is 12.4 Å². The minimum Gasteiger partial charge on any atom is -0.300 e. The lowest BCUT2D eigenvalue weighted by atomic mass is 10.1. The van der Waals surface area contributed by atoms with Crippen molar-refractivity contribution in [1.82, 2.24) is 14.4 Å². The van der Waals surface area contributed by atoms with Crippen LogP contribution in [0.1, 0.15) is 18.0 Å². The van der Waals surface area contributed by atoms with Crippen LogP contribution in [0.15, 0.2) is 42.9 Å². The molecule has 0 amide bonds. The van der Waals surface area contributed by atoms with Crippen LogP contribution in [-0.4, -0.2) is 14.4 Å². The molecular formula is C14H11Cl2N3. The normalized spacial score (nSPS) is 12.8. The minimum atomic E-state index is -0.177. The second-order valence-electron chi connectivity index (χ2n) is 4.28. The summed E-state index contributed by atoms with van der Waals surface area (Å²) in [4.78, 5) is 8.76. The molecule has 0 saturated carbocycles. The summed E-state index contributed by atoms with van der Waals surface area (Å²) in [6.07, 6.45) is 5.35. The monoisotopic (exact) mass is 291 g/mol. The van der Waals surface area contributed by atoms with Crippen LogP contribution >= 0.6 is 23.2 Å². The number of hydrogen-bond acceptors (Lipinski definition) is 2. The van der Waals surface area contributed by atoms with Crippen molar-refractivity contribution < 1.29 is 0 Å². The molecule has 0 bridgehead atoms. The lowest BCUT2D eigenvalue weighted by Gasteiger charge is -2.07. The highest BCUT2D eigenvalue weighted by atomic mass is 35.5. The van der Waals surface area contributed by atoms with Crippen molar-refractivity contribution in [2.75, 3.05) is 0 Å². The van der Waals surface area contributed by atoms with Crippen molar-refractivity contribution in [3.05, 3.63) is 53.6 Å². The predicted molar refractivity (Wildman–Crippen MR) is 77.7 cm³/mol. The number of halogens is 2. The van der Waals surface area contributed by atoms with Crippen LogP contribution in [0.2, 0.25) is 5.02 Å². The summed E-state index contributed by atoms with van der Waals surface area (Å²) >= 11 is 12.4. The number of imidazole rings is 1. The molecular weight excluding hydrogens is 281 g/mol. The number of nitrogens with zero attached hydrogens (tertiary/aromatic N) is 3. The van der Waals surface area contributed by atoms with Gasteiger partial charge in [-0.3, -0.25) is 4.98 Å². The van der Waals surface area contributed by atoms with Gasteiger partial charge in [0.15, 0.2) is 0 Å². The zero-order valence-corrected chi connectivity index (χ0v) is 11.7. The fraction of sp³-hybridized carbons (Fsp3) is 0.143. The number of hydrogen-bond donors (Lipinski definition) is 0. The van der Waals surface area contributed by atoms with Gasteiger partial charge in [-0.15, -0.1) is 11.6 Å². The number of aromatic nitrogens is 3. The molecule has 0 aliphatic carbocycles. The number of alkyl halides is 1. The highest BCUT2D eigenvalue weighted by Crippen LogP contribution is 2.32. The van der Waals surface area contributed by atoms with Gasteiger partial charge in [-0.2, -0.15) is 0 Å². The van der Waals surface area contributed by atoms with Crippen molar-refractivity contribution in [3.63, 3.8) is 0 Å². The fourth-order valence-corrected chi connectivity index (χ4v) is 2.50. The quantitative estimate of drug-likeness (QED) is 0.657. The zero-order valence-electron chi connectivity index (χ0n) is 10.2. The topological polar surface area (TPSA) is 30.2 Å². The Balaban J connectivity index is 2.33. The molecule has 0 aromatic carbocycles. The van der Waals surface area contributed by atoms with Crippen LogP contribution in [0.5, 0.6) is 0 Å². The number of pyridine rings is 2. The molecule has 3 aromatic heterocycles. The van der Waals surface area contributed by atoms with E-state index in [4.69, 9.17) is 23.2 Å². The third-order valence-corrected chi connectivity index (χ3v) is 3.36. The maximum Gasteiger partial charge on any atom is 0.137 e. The smallest absolute Gasteiger partial charge is 0.137 e. The average Bonchev–Trinajstić information content (AvgIpc) is 2.78. The lowest BCUT2D eigenvalue weighted by Crippen LogP contribution is -1.95. The summed E-state index contributed by atoms with van der Waals surface area (Å²) in [7, 11) is 0. The van der Waals surface area contributed by atoms with Crippen LogP contribution < -0.4 is 0 Å². The van der Waals surface area contributed by atoms with Gasteiger partial charge in [0.2, 0.25) is 0 Å².